The summed E-state index contributed by atoms with van der Waals surface area (Å²) in [6.45, 7) is 3.65. The van der Waals surface area contributed by atoms with Gasteiger partial charge in [0, 0.05) is 31.4 Å². The van der Waals surface area contributed by atoms with Crippen LogP contribution in [0.5, 0.6) is 0 Å². The Balaban J connectivity index is 1.32. The van der Waals surface area contributed by atoms with Gasteiger partial charge in [-0.05, 0) is 48.9 Å². The molecular formula is C21H23ClN4OS. The lowest BCUT2D eigenvalue weighted by Gasteiger charge is -2.32. The second kappa shape index (κ2) is 8.90. The van der Waals surface area contributed by atoms with Gasteiger partial charge in [0.1, 0.15) is 0 Å². The highest BCUT2D eigenvalue weighted by atomic mass is 35.5. The van der Waals surface area contributed by atoms with Gasteiger partial charge in [-0.15, -0.1) is 11.3 Å². The van der Waals surface area contributed by atoms with Gasteiger partial charge in [-0.3, -0.25) is 9.69 Å². The van der Waals surface area contributed by atoms with E-state index in [0.29, 0.717) is 10.9 Å². The zero-order chi connectivity index (χ0) is 19.3. The number of aromatic nitrogens is 2. The Bertz CT molecular complexity index is 924. The topological polar surface area (TPSA) is 50.2 Å². The van der Waals surface area contributed by atoms with Gasteiger partial charge >= 0.3 is 0 Å². The number of benzene rings is 1. The number of thiophene rings is 1. The standard InChI is InChI=1S/C21H23ClN4OS/c22-18-6-1-2-7-19(18)26-15-17(12-24-26)14-25-9-3-5-16(13-25)11-23-21(27)20-8-4-10-28-20/h1-2,4,6-8,10,12,15-16H,3,5,9,11,13-14H2,(H,23,27). The molecule has 4 rings (SSSR count). The van der Waals surface area contributed by atoms with Crippen molar-refractivity contribution in [3.8, 4) is 5.69 Å². The monoisotopic (exact) mass is 414 g/mol. The number of halogens is 1. The first kappa shape index (κ1) is 19.2. The van der Waals surface area contributed by atoms with Crippen molar-refractivity contribution in [2.45, 2.75) is 19.4 Å². The van der Waals surface area contributed by atoms with Gasteiger partial charge in [0.15, 0.2) is 0 Å². The molecule has 7 heteroatoms. The minimum atomic E-state index is 0.0353. The Labute approximate surface area is 173 Å². The van der Waals surface area contributed by atoms with Crippen LogP contribution in [0.2, 0.25) is 5.02 Å². The van der Waals surface area contributed by atoms with Crippen molar-refractivity contribution >= 4 is 28.8 Å². The molecule has 1 atom stereocenters. The Hall–Kier alpha value is -2.15. The van der Waals surface area contributed by atoms with Crippen molar-refractivity contribution in [1.82, 2.24) is 20.0 Å². The molecule has 0 spiro atoms. The second-order valence-corrected chi connectivity index (χ2v) is 8.53. The second-order valence-electron chi connectivity index (χ2n) is 7.18. The third-order valence-corrected chi connectivity index (χ3v) is 6.23. The van der Waals surface area contributed by atoms with E-state index in [1.54, 1.807) is 0 Å². The number of para-hydroxylation sites is 1. The Morgan fingerprint density at radius 1 is 1.29 bits per heavy atom. The van der Waals surface area contributed by atoms with E-state index in [4.69, 9.17) is 11.6 Å². The van der Waals surface area contributed by atoms with Crippen LogP contribution in [-0.2, 0) is 6.54 Å². The maximum atomic E-state index is 12.1. The number of carbonyl (C=O) groups is 1. The predicted molar refractivity (Wildman–Crippen MR) is 113 cm³/mol. The molecular weight excluding hydrogens is 392 g/mol. The molecule has 1 aromatic carbocycles. The summed E-state index contributed by atoms with van der Waals surface area (Å²) in [5.74, 6) is 0.518. The molecule has 1 aliphatic heterocycles. The van der Waals surface area contributed by atoms with Crippen LogP contribution in [0.4, 0.5) is 0 Å². The van der Waals surface area contributed by atoms with Crippen LogP contribution in [0.15, 0.2) is 54.2 Å². The van der Waals surface area contributed by atoms with Crippen LogP contribution in [0, 0.1) is 5.92 Å². The smallest absolute Gasteiger partial charge is 0.261 e. The highest BCUT2D eigenvalue weighted by molar-refractivity contribution is 7.12. The number of nitrogens with one attached hydrogen (secondary N) is 1. The van der Waals surface area contributed by atoms with Gasteiger partial charge in [-0.1, -0.05) is 29.8 Å². The Kier molecular flexibility index (Phi) is 6.10. The van der Waals surface area contributed by atoms with Gasteiger partial charge in [0.05, 0.1) is 21.8 Å². The maximum Gasteiger partial charge on any atom is 0.261 e. The van der Waals surface area contributed by atoms with E-state index >= 15 is 0 Å². The molecule has 1 aliphatic rings. The third-order valence-electron chi connectivity index (χ3n) is 5.04. The first-order chi connectivity index (χ1) is 13.7. The van der Waals surface area contributed by atoms with Crippen LogP contribution < -0.4 is 5.32 Å². The average Bonchev–Trinajstić information content (AvgIpc) is 3.39. The average molecular weight is 415 g/mol. The zero-order valence-electron chi connectivity index (χ0n) is 15.6. The molecule has 1 fully saturated rings. The lowest BCUT2D eigenvalue weighted by atomic mass is 9.97. The van der Waals surface area contributed by atoms with Crippen LogP contribution >= 0.6 is 22.9 Å². The molecule has 0 aliphatic carbocycles. The molecule has 1 N–H and O–H groups in total. The Morgan fingerprint density at radius 3 is 3.00 bits per heavy atom. The quantitative estimate of drug-likeness (QED) is 0.656. The minimum Gasteiger partial charge on any atom is -0.351 e. The lowest BCUT2D eigenvalue weighted by molar-refractivity contribution is 0.0934. The van der Waals surface area contributed by atoms with Crippen LogP contribution in [0.1, 0.15) is 28.1 Å². The van der Waals surface area contributed by atoms with Gasteiger partial charge in [0.2, 0.25) is 0 Å². The molecule has 1 saturated heterocycles. The van der Waals surface area contributed by atoms with Crippen molar-refractivity contribution in [2.24, 2.45) is 5.92 Å². The molecule has 146 valence electrons. The van der Waals surface area contributed by atoms with E-state index in [-0.39, 0.29) is 5.91 Å². The molecule has 5 nitrogen and oxygen atoms in total. The maximum absolute atomic E-state index is 12.1. The molecule has 0 saturated carbocycles. The van der Waals surface area contributed by atoms with Gasteiger partial charge < -0.3 is 5.32 Å². The SMILES string of the molecule is O=C(NCC1CCCN(Cc2cnn(-c3ccccc3Cl)c2)C1)c1cccs1. The molecule has 1 unspecified atom stereocenters. The van der Waals surface area contributed by atoms with Crippen LogP contribution in [0.3, 0.4) is 0 Å². The summed E-state index contributed by atoms with van der Waals surface area (Å²) in [6.07, 6.45) is 6.26. The lowest BCUT2D eigenvalue weighted by Crippen LogP contribution is -2.40. The van der Waals surface area contributed by atoms with E-state index in [9.17, 15) is 4.79 Å². The number of likely N-dealkylation sites (tertiary alicyclic amines) is 1. The minimum absolute atomic E-state index is 0.0353. The van der Waals surface area contributed by atoms with Gasteiger partial charge in [-0.2, -0.15) is 5.10 Å². The fourth-order valence-electron chi connectivity index (χ4n) is 3.66. The number of carbonyl (C=O) groups excluding carboxylic acids is 1. The summed E-state index contributed by atoms with van der Waals surface area (Å²) in [5.41, 5.74) is 2.06. The summed E-state index contributed by atoms with van der Waals surface area (Å²) < 4.78 is 1.83. The first-order valence-corrected chi connectivity index (χ1v) is 10.8. The van der Waals surface area contributed by atoms with E-state index in [1.807, 2.05) is 58.9 Å². The summed E-state index contributed by atoms with van der Waals surface area (Å²) >= 11 is 7.75. The van der Waals surface area contributed by atoms with E-state index < -0.39 is 0 Å². The fourth-order valence-corrected chi connectivity index (χ4v) is 4.53. The molecule has 3 heterocycles. The largest absolute Gasteiger partial charge is 0.351 e. The van der Waals surface area contributed by atoms with Gasteiger partial charge in [0.25, 0.3) is 5.91 Å². The predicted octanol–water partition coefficient (Wildman–Crippen LogP) is 4.23. The Morgan fingerprint density at radius 2 is 2.18 bits per heavy atom. The van der Waals surface area contributed by atoms with Crippen molar-refractivity contribution in [3.05, 3.63) is 69.6 Å². The van der Waals surface area contributed by atoms with E-state index in [0.717, 1.165) is 49.6 Å². The normalized spacial score (nSPS) is 17.5. The number of amides is 1. The zero-order valence-corrected chi connectivity index (χ0v) is 17.1. The first-order valence-electron chi connectivity index (χ1n) is 9.51. The van der Waals surface area contributed by atoms with Crippen LogP contribution in [-0.4, -0.2) is 40.2 Å². The third kappa shape index (κ3) is 4.63. The summed E-state index contributed by atoms with van der Waals surface area (Å²) in [4.78, 5) is 15.4. The van der Waals surface area contributed by atoms with Crippen molar-refractivity contribution in [2.75, 3.05) is 19.6 Å². The highest BCUT2D eigenvalue weighted by Crippen LogP contribution is 2.21. The highest BCUT2D eigenvalue weighted by Gasteiger charge is 2.21. The number of hydrogen-bond donors (Lipinski definition) is 1. The van der Waals surface area contributed by atoms with Crippen molar-refractivity contribution in [1.29, 1.82) is 0 Å². The summed E-state index contributed by atoms with van der Waals surface area (Å²) in [5, 5.41) is 10.2. The molecule has 28 heavy (non-hydrogen) atoms. The summed E-state index contributed by atoms with van der Waals surface area (Å²) in [7, 11) is 0. The van der Waals surface area contributed by atoms with Crippen LogP contribution in [0.25, 0.3) is 5.69 Å². The number of rotatable bonds is 6. The van der Waals surface area contributed by atoms with E-state index in [2.05, 4.69) is 15.3 Å². The summed E-state index contributed by atoms with van der Waals surface area (Å²) in [6, 6.07) is 11.5. The number of hydrogen-bond acceptors (Lipinski definition) is 4. The fraction of sp³-hybridized carbons (Fsp3) is 0.333. The molecule has 0 radical (unpaired) electrons. The number of piperidine rings is 1. The molecule has 1 amide bonds. The van der Waals surface area contributed by atoms with E-state index in [1.165, 1.54) is 16.9 Å². The molecule has 2 aromatic heterocycles. The number of nitrogens with zero attached hydrogens (tertiary/aromatic N) is 3. The van der Waals surface area contributed by atoms with Crippen molar-refractivity contribution < 1.29 is 4.79 Å². The van der Waals surface area contributed by atoms with Gasteiger partial charge in [-0.25, -0.2) is 4.68 Å². The van der Waals surface area contributed by atoms with Crippen molar-refractivity contribution in [3.63, 3.8) is 0 Å². The molecule has 3 aromatic rings. The molecule has 0 bridgehead atoms.